The van der Waals surface area contributed by atoms with Crippen molar-refractivity contribution in [2.24, 2.45) is 0 Å². The smallest absolute Gasteiger partial charge is 0.275 e. The molecule has 0 saturated heterocycles. The zero-order valence-corrected chi connectivity index (χ0v) is 14.5. The molecule has 3 aromatic rings. The third-order valence-electron chi connectivity index (χ3n) is 3.19. The van der Waals surface area contributed by atoms with E-state index in [1.807, 2.05) is 17.5 Å². The van der Waals surface area contributed by atoms with E-state index in [2.05, 4.69) is 10.3 Å². The summed E-state index contributed by atoms with van der Waals surface area (Å²) in [6.07, 6.45) is 0. The number of anilines is 2. The molecule has 124 valence electrons. The van der Waals surface area contributed by atoms with Gasteiger partial charge in [-0.3, -0.25) is 4.79 Å². The Bertz CT molecular complexity index is 852. The molecule has 0 aliphatic rings. The zero-order chi connectivity index (χ0) is 17.3. The van der Waals surface area contributed by atoms with Gasteiger partial charge in [0.2, 0.25) is 0 Å². The maximum Gasteiger partial charge on any atom is 0.275 e. The van der Waals surface area contributed by atoms with E-state index in [1.165, 1.54) is 27.6 Å². The average molecular weight is 365 g/mol. The molecule has 0 atom stereocenters. The van der Waals surface area contributed by atoms with Crippen LogP contribution in [0.25, 0.3) is 9.88 Å². The SMILES string of the molecule is CN(C)c1c(F)cc(NC(=O)c2csc(-c3cccs3)n2)cc1F. The topological polar surface area (TPSA) is 45.2 Å². The molecule has 0 bridgehead atoms. The first-order valence-electron chi connectivity index (χ1n) is 6.93. The van der Waals surface area contributed by atoms with E-state index in [9.17, 15) is 13.6 Å². The van der Waals surface area contributed by atoms with Crippen LogP contribution in [0.3, 0.4) is 0 Å². The summed E-state index contributed by atoms with van der Waals surface area (Å²) in [4.78, 5) is 18.8. The summed E-state index contributed by atoms with van der Waals surface area (Å²) in [6.45, 7) is 0. The number of amides is 1. The predicted octanol–water partition coefficient (Wildman–Crippen LogP) is 4.47. The number of aromatic nitrogens is 1. The van der Waals surface area contributed by atoms with E-state index < -0.39 is 17.5 Å². The number of carbonyl (C=O) groups is 1. The minimum atomic E-state index is -0.743. The van der Waals surface area contributed by atoms with E-state index in [4.69, 9.17) is 0 Å². The van der Waals surface area contributed by atoms with Gasteiger partial charge in [0.05, 0.1) is 4.88 Å². The number of rotatable bonds is 4. The largest absolute Gasteiger partial charge is 0.373 e. The molecule has 3 rings (SSSR count). The van der Waals surface area contributed by atoms with Crippen LogP contribution in [0.2, 0.25) is 0 Å². The Morgan fingerprint density at radius 1 is 1.21 bits per heavy atom. The van der Waals surface area contributed by atoms with Gasteiger partial charge >= 0.3 is 0 Å². The highest BCUT2D eigenvalue weighted by molar-refractivity contribution is 7.20. The van der Waals surface area contributed by atoms with E-state index in [1.54, 1.807) is 19.5 Å². The molecule has 1 amide bonds. The molecule has 0 fully saturated rings. The van der Waals surface area contributed by atoms with Gasteiger partial charge in [-0.1, -0.05) is 6.07 Å². The molecule has 1 N–H and O–H groups in total. The number of carbonyl (C=O) groups excluding carboxylic acids is 1. The lowest BCUT2D eigenvalue weighted by atomic mass is 10.2. The van der Waals surface area contributed by atoms with Crippen LogP contribution in [-0.4, -0.2) is 25.0 Å². The lowest BCUT2D eigenvalue weighted by Crippen LogP contribution is -2.15. The molecule has 0 saturated carbocycles. The first-order chi connectivity index (χ1) is 11.5. The molecule has 4 nitrogen and oxygen atoms in total. The van der Waals surface area contributed by atoms with Crippen molar-refractivity contribution in [2.75, 3.05) is 24.3 Å². The summed E-state index contributed by atoms with van der Waals surface area (Å²) >= 11 is 2.87. The summed E-state index contributed by atoms with van der Waals surface area (Å²) in [5.41, 5.74) is 0.105. The number of nitrogens with zero attached hydrogens (tertiary/aromatic N) is 2. The fourth-order valence-electron chi connectivity index (χ4n) is 2.15. The second-order valence-electron chi connectivity index (χ2n) is 5.15. The predicted molar refractivity (Wildman–Crippen MR) is 94.1 cm³/mol. The molecule has 1 aromatic carbocycles. The van der Waals surface area contributed by atoms with E-state index in [0.717, 1.165) is 22.0 Å². The van der Waals surface area contributed by atoms with Gasteiger partial charge in [-0.25, -0.2) is 13.8 Å². The Kier molecular flexibility index (Phi) is 4.59. The van der Waals surface area contributed by atoms with E-state index >= 15 is 0 Å². The molecular formula is C16H13F2N3OS2. The van der Waals surface area contributed by atoms with Crippen LogP contribution < -0.4 is 10.2 Å². The third-order valence-corrected chi connectivity index (χ3v) is 5.07. The number of thiazole rings is 1. The molecule has 0 spiro atoms. The quantitative estimate of drug-likeness (QED) is 0.742. The molecule has 0 unspecified atom stereocenters. The average Bonchev–Trinajstić information content (AvgIpc) is 3.17. The van der Waals surface area contributed by atoms with Crippen molar-refractivity contribution in [3.05, 3.63) is 52.4 Å². The standard InChI is InChI=1S/C16H13F2N3OS2/c1-21(2)14-10(17)6-9(7-11(14)18)19-15(22)12-8-24-16(20-12)13-4-3-5-23-13/h3-8H,1-2H3,(H,19,22). The molecule has 2 heterocycles. The van der Waals surface area contributed by atoms with Crippen molar-refractivity contribution in [1.82, 2.24) is 4.98 Å². The minimum absolute atomic E-state index is 0.0475. The van der Waals surface area contributed by atoms with Gasteiger partial charge in [-0.15, -0.1) is 22.7 Å². The van der Waals surface area contributed by atoms with Gasteiger partial charge < -0.3 is 10.2 Å². The summed E-state index contributed by atoms with van der Waals surface area (Å²) < 4.78 is 27.9. The van der Waals surface area contributed by atoms with Crippen LogP contribution in [0.5, 0.6) is 0 Å². The van der Waals surface area contributed by atoms with Gasteiger partial charge in [0.15, 0.2) is 11.6 Å². The lowest BCUT2D eigenvalue weighted by molar-refractivity contribution is 0.102. The summed E-state index contributed by atoms with van der Waals surface area (Å²) in [5.74, 6) is -1.99. The van der Waals surface area contributed by atoms with Crippen molar-refractivity contribution in [3.63, 3.8) is 0 Å². The fraction of sp³-hybridized carbons (Fsp3) is 0.125. The normalized spacial score (nSPS) is 10.7. The number of hydrogen-bond donors (Lipinski definition) is 1. The number of hydrogen-bond acceptors (Lipinski definition) is 5. The molecular weight excluding hydrogens is 352 g/mol. The first-order valence-corrected chi connectivity index (χ1v) is 8.69. The highest BCUT2D eigenvalue weighted by atomic mass is 32.1. The first kappa shape index (κ1) is 16.5. The number of nitrogens with one attached hydrogen (secondary N) is 1. The number of benzene rings is 1. The second-order valence-corrected chi connectivity index (χ2v) is 6.96. The molecule has 0 aliphatic carbocycles. The maximum absolute atomic E-state index is 14.0. The second kappa shape index (κ2) is 6.66. The Hall–Kier alpha value is -2.32. The lowest BCUT2D eigenvalue weighted by Gasteiger charge is -2.15. The maximum atomic E-state index is 14.0. The van der Waals surface area contributed by atoms with Gasteiger partial charge in [0, 0.05) is 25.2 Å². The van der Waals surface area contributed by atoms with Gasteiger partial charge in [-0.05, 0) is 23.6 Å². The summed E-state index contributed by atoms with van der Waals surface area (Å²) in [7, 11) is 3.09. The molecule has 0 aliphatic heterocycles. The van der Waals surface area contributed by atoms with Gasteiger partial charge in [0.1, 0.15) is 16.4 Å². The third kappa shape index (κ3) is 3.29. The highest BCUT2D eigenvalue weighted by Crippen LogP contribution is 2.29. The number of halogens is 2. The monoisotopic (exact) mass is 365 g/mol. The Morgan fingerprint density at radius 3 is 2.50 bits per heavy atom. The summed E-state index contributed by atoms with van der Waals surface area (Å²) in [6, 6.07) is 5.99. The van der Waals surface area contributed by atoms with Gasteiger partial charge in [-0.2, -0.15) is 0 Å². The highest BCUT2D eigenvalue weighted by Gasteiger charge is 2.16. The Labute approximate surface area is 145 Å². The fourth-order valence-corrected chi connectivity index (χ4v) is 3.77. The van der Waals surface area contributed by atoms with Crippen LogP contribution in [0.1, 0.15) is 10.5 Å². The molecule has 0 radical (unpaired) electrons. The van der Waals surface area contributed by atoms with Crippen LogP contribution in [0.15, 0.2) is 35.0 Å². The van der Waals surface area contributed by atoms with E-state index in [-0.39, 0.29) is 17.1 Å². The minimum Gasteiger partial charge on any atom is -0.373 e. The number of thiophene rings is 1. The van der Waals surface area contributed by atoms with Crippen LogP contribution in [0, 0.1) is 11.6 Å². The molecule has 8 heteroatoms. The van der Waals surface area contributed by atoms with Crippen molar-refractivity contribution in [2.45, 2.75) is 0 Å². The zero-order valence-electron chi connectivity index (χ0n) is 12.8. The summed E-state index contributed by atoms with van der Waals surface area (Å²) in [5, 5.41) is 6.75. The van der Waals surface area contributed by atoms with Crippen LogP contribution in [0.4, 0.5) is 20.2 Å². The van der Waals surface area contributed by atoms with Crippen molar-refractivity contribution in [3.8, 4) is 9.88 Å². The molecule has 24 heavy (non-hydrogen) atoms. The van der Waals surface area contributed by atoms with Crippen LogP contribution >= 0.6 is 22.7 Å². The Morgan fingerprint density at radius 2 is 1.92 bits per heavy atom. The van der Waals surface area contributed by atoms with Crippen molar-refractivity contribution < 1.29 is 13.6 Å². The van der Waals surface area contributed by atoms with Crippen LogP contribution in [-0.2, 0) is 0 Å². The Balaban J connectivity index is 1.80. The van der Waals surface area contributed by atoms with Crippen molar-refractivity contribution in [1.29, 1.82) is 0 Å². The van der Waals surface area contributed by atoms with E-state index in [0.29, 0.717) is 0 Å². The van der Waals surface area contributed by atoms with Crippen molar-refractivity contribution >= 4 is 40.0 Å². The molecule has 2 aromatic heterocycles. The van der Waals surface area contributed by atoms with Gasteiger partial charge in [0.25, 0.3) is 5.91 Å².